The third kappa shape index (κ3) is 2.28. The van der Waals surface area contributed by atoms with Crippen LogP contribution >= 0.6 is 0 Å². The number of aromatic nitrogens is 4. The molecule has 1 aromatic carbocycles. The van der Waals surface area contributed by atoms with E-state index in [0.29, 0.717) is 12.2 Å². The summed E-state index contributed by atoms with van der Waals surface area (Å²) in [5.41, 5.74) is 2.05. The van der Waals surface area contributed by atoms with Gasteiger partial charge in [0.1, 0.15) is 5.69 Å². The lowest BCUT2D eigenvalue weighted by Gasteiger charge is -2.02. The molecule has 0 spiro atoms. The number of benzene rings is 1. The molecule has 0 aliphatic heterocycles. The summed E-state index contributed by atoms with van der Waals surface area (Å²) in [6.07, 6.45) is 4.44. The highest BCUT2D eigenvalue weighted by Crippen LogP contribution is 2.14. The molecule has 0 fully saturated rings. The van der Waals surface area contributed by atoms with Crippen LogP contribution in [-0.2, 0) is 6.54 Å². The number of amides is 1. The second-order valence-electron chi connectivity index (χ2n) is 3.99. The van der Waals surface area contributed by atoms with E-state index in [1.807, 2.05) is 24.3 Å². The van der Waals surface area contributed by atoms with E-state index in [1.165, 1.54) is 18.6 Å². The van der Waals surface area contributed by atoms with Crippen molar-refractivity contribution in [2.75, 3.05) is 0 Å². The zero-order valence-corrected chi connectivity index (χ0v) is 10.00. The molecule has 2 aromatic heterocycles. The molecule has 0 bridgehead atoms. The van der Waals surface area contributed by atoms with Crippen LogP contribution in [0.15, 0.2) is 42.9 Å². The molecular formula is C13H11N5O. The summed E-state index contributed by atoms with van der Waals surface area (Å²) in [5.74, 6) is -0.258. The number of aromatic amines is 1. The number of carbonyl (C=O) groups is 1. The SMILES string of the molecule is O=C(NCc1[nH]nc2ccccc12)c1cnccn1. The fourth-order valence-corrected chi connectivity index (χ4v) is 1.82. The molecule has 6 heteroatoms. The Labute approximate surface area is 108 Å². The van der Waals surface area contributed by atoms with E-state index in [2.05, 4.69) is 25.5 Å². The Kier molecular flexibility index (Phi) is 2.89. The number of fused-ring (bicyclic) bond motifs is 1. The van der Waals surface area contributed by atoms with Crippen LogP contribution < -0.4 is 5.32 Å². The molecule has 3 aromatic rings. The Balaban J connectivity index is 1.75. The standard InChI is InChI=1S/C13H11N5O/c19-13(12-7-14-5-6-15-12)16-8-11-9-3-1-2-4-10(9)17-18-11/h1-7H,8H2,(H,16,19)(H,17,18). The number of H-pyrrole nitrogens is 1. The van der Waals surface area contributed by atoms with Gasteiger partial charge in [-0.1, -0.05) is 18.2 Å². The van der Waals surface area contributed by atoms with Crippen LogP contribution in [0.1, 0.15) is 16.2 Å². The molecule has 0 saturated carbocycles. The zero-order valence-electron chi connectivity index (χ0n) is 10.00. The van der Waals surface area contributed by atoms with Crippen molar-refractivity contribution in [3.8, 4) is 0 Å². The Morgan fingerprint density at radius 2 is 2.16 bits per heavy atom. The van der Waals surface area contributed by atoms with Crippen LogP contribution in [0.5, 0.6) is 0 Å². The molecular weight excluding hydrogens is 242 g/mol. The molecule has 0 saturated heterocycles. The minimum atomic E-state index is -0.258. The van der Waals surface area contributed by atoms with Gasteiger partial charge in [-0.15, -0.1) is 0 Å². The van der Waals surface area contributed by atoms with E-state index < -0.39 is 0 Å². The first-order valence-corrected chi connectivity index (χ1v) is 5.81. The van der Waals surface area contributed by atoms with E-state index in [4.69, 9.17) is 0 Å². The number of nitrogens with one attached hydrogen (secondary N) is 2. The van der Waals surface area contributed by atoms with Gasteiger partial charge in [0, 0.05) is 17.8 Å². The molecule has 0 aliphatic carbocycles. The Morgan fingerprint density at radius 3 is 3.00 bits per heavy atom. The first kappa shape index (κ1) is 11.3. The molecule has 94 valence electrons. The van der Waals surface area contributed by atoms with Gasteiger partial charge in [0.2, 0.25) is 0 Å². The first-order chi connectivity index (χ1) is 9.34. The monoisotopic (exact) mass is 253 g/mol. The summed E-state index contributed by atoms with van der Waals surface area (Å²) in [6.45, 7) is 0.371. The quantitative estimate of drug-likeness (QED) is 0.736. The third-order valence-corrected chi connectivity index (χ3v) is 2.76. The molecule has 3 rings (SSSR count). The average molecular weight is 253 g/mol. The van der Waals surface area contributed by atoms with E-state index in [-0.39, 0.29) is 5.91 Å². The van der Waals surface area contributed by atoms with Crippen molar-refractivity contribution in [2.24, 2.45) is 0 Å². The van der Waals surface area contributed by atoms with Gasteiger partial charge in [0.25, 0.3) is 5.91 Å². The second-order valence-corrected chi connectivity index (χ2v) is 3.99. The molecule has 1 amide bonds. The zero-order chi connectivity index (χ0) is 13.1. The van der Waals surface area contributed by atoms with Crippen LogP contribution in [0.2, 0.25) is 0 Å². The van der Waals surface area contributed by atoms with Crippen molar-refractivity contribution in [1.29, 1.82) is 0 Å². The maximum Gasteiger partial charge on any atom is 0.271 e. The largest absolute Gasteiger partial charge is 0.345 e. The van der Waals surface area contributed by atoms with Gasteiger partial charge in [0.15, 0.2) is 0 Å². The van der Waals surface area contributed by atoms with Gasteiger partial charge in [-0.05, 0) is 6.07 Å². The fourth-order valence-electron chi connectivity index (χ4n) is 1.82. The first-order valence-electron chi connectivity index (χ1n) is 5.81. The Bertz CT molecular complexity index is 707. The van der Waals surface area contributed by atoms with Crippen LogP contribution in [0, 0.1) is 0 Å². The topological polar surface area (TPSA) is 83.6 Å². The summed E-state index contributed by atoms with van der Waals surface area (Å²) in [7, 11) is 0. The third-order valence-electron chi connectivity index (χ3n) is 2.76. The molecule has 2 heterocycles. The lowest BCUT2D eigenvalue weighted by atomic mass is 10.2. The molecule has 6 nitrogen and oxygen atoms in total. The predicted octanol–water partition coefficient (Wildman–Crippen LogP) is 1.28. The van der Waals surface area contributed by atoms with E-state index in [0.717, 1.165) is 16.6 Å². The van der Waals surface area contributed by atoms with Crippen molar-refractivity contribution in [2.45, 2.75) is 6.54 Å². The van der Waals surface area contributed by atoms with Crippen molar-refractivity contribution in [3.63, 3.8) is 0 Å². The van der Waals surface area contributed by atoms with Crippen molar-refractivity contribution in [3.05, 3.63) is 54.2 Å². The number of hydrogen-bond donors (Lipinski definition) is 2. The maximum atomic E-state index is 11.8. The average Bonchev–Trinajstić information content (AvgIpc) is 2.89. The smallest absolute Gasteiger partial charge is 0.271 e. The normalized spacial score (nSPS) is 10.5. The number of hydrogen-bond acceptors (Lipinski definition) is 4. The summed E-state index contributed by atoms with van der Waals surface area (Å²) in [5, 5.41) is 10.9. The van der Waals surface area contributed by atoms with Gasteiger partial charge in [-0.3, -0.25) is 14.9 Å². The van der Waals surface area contributed by atoms with Crippen molar-refractivity contribution >= 4 is 16.8 Å². The van der Waals surface area contributed by atoms with Crippen molar-refractivity contribution in [1.82, 2.24) is 25.5 Å². The molecule has 19 heavy (non-hydrogen) atoms. The Morgan fingerprint density at radius 1 is 1.26 bits per heavy atom. The summed E-state index contributed by atoms with van der Waals surface area (Å²) in [6, 6.07) is 7.74. The molecule has 0 unspecified atom stereocenters. The summed E-state index contributed by atoms with van der Waals surface area (Å²) < 4.78 is 0. The lowest BCUT2D eigenvalue weighted by Crippen LogP contribution is -2.24. The summed E-state index contributed by atoms with van der Waals surface area (Å²) >= 11 is 0. The predicted molar refractivity (Wildman–Crippen MR) is 69.3 cm³/mol. The van der Waals surface area contributed by atoms with Gasteiger partial charge >= 0.3 is 0 Å². The van der Waals surface area contributed by atoms with Crippen LogP contribution in [-0.4, -0.2) is 26.1 Å². The minimum absolute atomic E-state index is 0.258. The molecule has 2 N–H and O–H groups in total. The number of nitrogens with zero attached hydrogens (tertiary/aromatic N) is 3. The fraction of sp³-hybridized carbons (Fsp3) is 0.0769. The molecule has 0 aliphatic rings. The second kappa shape index (κ2) is 4.85. The lowest BCUT2D eigenvalue weighted by molar-refractivity contribution is 0.0945. The van der Waals surface area contributed by atoms with Crippen LogP contribution in [0.3, 0.4) is 0 Å². The van der Waals surface area contributed by atoms with Gasteiger partial charge in [-0.2, -0.15) is 5.10 Å². The van der Waals surface area contributed by atoms with E-state index in [1.54, 1.807) is 0 Å². The van der Waals surface area contributed by atoms with E-state index >= 15 is 0 Å². The van der Waals surface area contributed by atoms with Gasteiger partial charge < -0.3 is 5.32 Å². The van der Waals surface area contributed by atoms with Gasteiger partial charge in [-0.25, -0.2) is 4.98 Å². The Hall–Kier alpha value is -2.76. The number of carbonyl (C=O) groups excluding carboxylic acids is 1. The molecule has 0 radical (unpaired) electrons. The minimum Gasteiger partial charge on any atom is -0.345 e. The number of rotatable bonds is 3. The highest BCUT2D eigenvalue weighted by atomic mass is 16.1. The highest BCUT2D eigenvalue weighted by Gasteiger charge is 2.09. The molecule has 0 atom stereocenters. The van der Waals surface area contributed by atoms with Crippen molar-refractivity contribution < 1.29 is 4.79 Å². The highest BCUT2D eigenvalue weighted by molar-refractivity contribution is 5.92. The number of para-hydroxylation sites is 1. The van der Waals surface area contributed by atoms with Crippen LogP contribution in [0.4, 0.5) is 0 Å². The van der Waals surface area contributed by atoms with Gasteiger partial charge in [0.05, 0.1) is 24.0 Å². The maximum absolute atomic E-state index is 11.8. The van der Waals surface area contributed by atoms with Crippen LogP contribution in [0.25, 0.3) is 10.9 Å². The van der Waals surface area contributed by atoms with E-state index in [9.17, 15) is 4.79 Å². The summed E-state index contributed by atoms with van der Waals surface area (Å²) in [4.78, 5) is 19.6.